The van der Waals surface area contributed by atoms with E-state index in [1.807, 2.05) is 12.1 Å². The van der Waals surface area contributed by atoms with E-state index in [1.54, 1.807) is 6.20 Å². The lowest BCUT2D eigenvalue weighted by molar-refractivity contribution is -0.143. The zero-order valence-electron chi connectivity index (χ0n) is 7.28. The van der Waals surface area contributed by atoms with E-state index in [2.05, 4.69) is 15.0 Å². The third-order valence-corrected chi connectivity index (χ3v) is 2.13. The third kappa shape index (κ3) is 1.29. The van der Waals surface area contributed by atoms with Gasteiger partial charge in [-0.25, -0.2) is 4.79 Å². The van der Waals surface area contributed by atoms with Crippen LogP contribution in [-0.2, 0) is 16.1 Å². The molecule has 2 rings (SSSR count). The van der Waals surface area contributed by atoms with Gasteiger partial charge in [0.05, 0.1) is 12.8 Å². The van der Waals surface area contributed by atoms with Crippen LogP contribution in [0.2, 0.25) is 0 Å². The van der Waals surface area contributed by atoms with E-state index >= 15 is 0 Å². The number of nitrogens with one attached hydrogen (secondary N) is 1. The van der Waals surface area contributed by atoms with Crippen molar-refractivity contribution in [1.82, 2.24) is 10.3 Å². The second kappa shape index (κ2) is 3.14. The van der Waals surface area contributed by atoms with E-state index in [0.29, 0.717) is 6.54 Å². The fraction of sp³-hybridized carbons (Fsp3) is 0.333. The molecule has 0 bridgehead atoms. The van der Waals surface area contributed by atoms with Crippen LogP contribution in [0.25, 0.3) is 0 Å². The predicted molar refractivity (Wildman–Crippen MR) is 45.8 cm³/mol. The second-order valence-electron chi connectivity index (χ2n) is 2.88. The smallest absolute Gasteiger partial charge is 0.329 e. The zero-order valence-corrected chi connectivity index (χ0v) is 7.28. The molecule has 0 amide bonds. The average Bonchev–Trinajstić information content (AvgIpc) is 2.60. The summed E-state index contributed by atoms with van der Waals surface area (Å²) in [5, 5.41) is 3.04. The van der Waals surface area contributed by atoms with Gasteiger partial charge in [-0.05, 0) is 11.6 Å². The molecule has 13 heavy (non-hydrogen) atoms. The summed E-state index contributed by atoms with van der Waals surface area (Å²) in [6, 6.07) is 3.43. The maximum absolute atomic E-state index is 11.3. The molecular formula is C9H10N2O2. The van der Waals surface area contributed by atoms with Crippen LogP contribution >= 0.6 is 0 Å². The molecule has 4 nitrogen and oxygen atoms in total. The fourth-order valence-corrected chi connectivity index (χ4v) is 1.48. The summed E-state index contributed by atoms with van der Waals surface area (Å²) in [5.74, 6) is -0.280. The van der Waals surface area contributed by atoms with Crippen molar-refractivity contribution in [2.45, 2.75) is 12.6 Å². The van der Waals surface area contributed by atoms with Crippen molar-refractivity contribution in [2.75, 3.05) is 7.11 Å². The maximum atomic E-state index is 11.3. The molecule has 1 atom stereocenters. The first-order chi connectivity index (χ1) is 6.33. The molecule has 1 aliphatic rings. The van der Waals surface area contributed by atoms with Crippen molar-refractivity contribution in [3.05, 3.63) is 29.6 Å². The number of rotatable bonds is 1. The Morgan fingerprint density at radius 1 is 1.77 bits per heavy atom. The molecule has 0 saturated carbocycles. The lowest BCUT2D eigenvalue weighted by atomic mass is 10.1. The van der Waals surface area contributed by atoms with Crippen molar-refractivity contribution < 1.29 is 9.53 Å². The van der Waals surface area contributed by atoms with Gasteiger partial charge in [-0.15, -0.1) is 0 Å². The molecule has 1 unspecified atom stereocenters. The van der Waals surface area contributed by atoms with Gasteiger partial charge in [0.1, 0.15) is 6.04 Å². The van der Waals surface area contributed by atoms with E-state index < -0.39 is 0 Å². The summed E-state index contributed by atoms with van der Waals surface area (Å²) in [7, 11) is 1.38. The Hall–Kier alpha value is -1.42. The minimum atomic E-state index is -0.388. The first kappa shape index (κ1) is 8.19. The van der Waals surface area contributed by atoms with Crippen LogP contribution in [-0.4, -0.2) is 18.1 Å². The Bertz CT molecular complexity index is 338. The quantitative estimate of drug-likeness (QED) is 0.632. The average molecular weight is 178 g/mol. The van der Waals surface area contributed by atoms with Crippen LogP contribution in [0.5, 0.6) is 0 Å². The number of hydrogen-bond donors (Lipinski definition) is 1. The monoisotopic (exact) mass is 178 g/mol. The Labute approximate surface area is 75.9 Å². The number of carbonyl (C=O) groups excluding carboxylic acids is 1. The van der Waals surface area contributed by atoms with Crippen LogP contribution in [0.4, 0.5) is 0 Å². The summed E-state index contributed by atoms with van der Waals surface area (Å²) < 4.78 is 4.65. The molecule has 0 radical (unpaired) electrons. The van der Waals surface area contributed by atoms with Crippen molar-refractivity contribution in [3.63, 3.8) is 0 Å². The summed E-state index contributed by atoms with van der Waals surface area (Å²) >= 11 is 0. The van der Waals surface area contributed by atoms with E-state index in [9.17, 15) is 4.79 Å². The Morgan fingerprint density at radius 3 is 3.38 bits per heavy atom. The standard InChI is InChI=1S/C9H10N2O2/c1-13-9(12)8-7-6(5-11-8)3-2-4-10-7/h2-4,8,11H,5H2,1H3. The number of carbonyl (C=O) groups is 1. The van der Waals surface area contributed by atoms with Crippen molar-refractivity contribution in [1.29, 1.82) is 0 Å². The van der Waals surface area contributed by atoms with Crippen molar-refractivity contribution >= 4 is 5.97 Å². The van der Waals surface area contributed by atoms with Crippen LogP contribution in [0.15, 0.2) is 18.3 Å². The van der Waals surface area contributed by atoms with Gasteiger partial charge in [0.15, 0.2) is 0 Å². The second-order valence-corrected chi connectivity index (χ2v) is 2.88. The molecule has 4 heteroatoms. The van der Waals surface area contributed by atoms with Crippen molar-refractivity contribution in [3.8, 4) is 0 Å². The summed E-state index contributed by atoms with van der Waals surface area (Å²) in [5.41, 5.74) is 1.85. The van der Waals surface area contributed by atoms with Gasteiger partial charge in [-0.2, -0.15) is 0 Å². The molecule has 1 aromatic rings. The normalized spacial score (nSPS) is 19.6. The molecule has 1 aliphatic heterocycles. The topological polar surface area (TPSA) is 51.2 Å². The van der Waals surface area contributed by atoms with Crippen molar-refractivity contribution in [2.24, 2.45) is 0 Å². The van der Waals surface area contributed by atoms with Gasteiger partial charge < -0.3 is 4.74 Å². The molecule has 0 saturated heterocycles. The predicted octanol–water partition coefficient (Wildman–Crippen LogP) is 0.399. The Morgan fingerprint density at radius 2 is 2.62 bits per heavy atom. The first-order valence-electron chi connectivity index (χ1n) is 4.08. The molecule has 0 fully saturated rings. The summed E-state index contributed by atoms with van der Waals surface area (Å²) in [6.07, 6.45) is 1.68. The molecule has 68 valence electrons. The minimum absolute atomic E-state index is 0.280. The van der Waals surface area contributed by atoms with Gasteiger partial charge in [-0.3, -0.25) is 10.3 Å². The van der Waals surface area contributed by atoms with E-state index in [1.165, 1.54) is 7.11 Å². The number of nitrogens with zero attached hydrogens (tertiary/aromatic N) is 1. The summed E-state index contributed by atoms with van der Waals surface area (Å²) in [6.45, 7) is 0.683. The maximum Gasteiger partial charge on any atom is 0.329 e. The molecule has 0 aromatic carbocycles. The van der Waals surface area contributed by atoms with Crippen LogP contribution < -0.4 is 5.32 Å². The van der Waals surface area contributed by atoms with E-state index in [4.69, 9.17) is 0 Å². The van der Waals surface area contributed by atoms with E-state index in [-0.39, 0.29) is 12.0 Å². The number of ether oxygens (including phenoxy) is 1. The zero-order chi connectivity index (χ0) is 9.26. The van der Waals surface area contributed by atoms with Gasteiger partial charge >= 0.3 is 5.97 Å². The van der Waals surface area contributed by atoms with Gasteiger partial charge in [0, 0.05) is 12.7 Å². The number of hydrogen-bond acceptors (Lipinski definition) is 4. The molecule has 1 N–H and O–H groups in total. The Kier molecular flexibility index (Phi) is 1.98. The molecule has 2 heterocycles. The fourth-order valence-electron chi connectivity index (χ4n) is 1.48. The SMILES string of the molecule is COC(=O)C1NCc2cccnc21. The molecule has 0 spiro atoms. The first-order valence-corrected chi connectivity index (χ1v) is 4.08. The highest BCUT2D eigenvalue weighted by molar-refractivity contribution is 5.78. The molecule has 0 aliphatic carbocycles. The summed E-state index contributed by atoms with van der Waals surface area (Å²) in [4.78, 5) is 15.4. The number of pyridine rings is 1. The largest absolute Gasteiger partial charge is 0.468 e. The highest BCUT2D eigenvalue weighted by Gasteiger charge is 2.29. The van der Waals surface area contributed by atoms with Gasteiger partial charge in [0.25, 0.3) is 0 Å². The van der Waals surface area contributed by atoms with Crippen LogP contribution in [0.3, 0.4) is 0 Å². The minimum Gasteiger partial charge on any atom is -0.468 e. The third-order valence-electron chi connectivity index (χ3n) is 2.13. The Balaban J connectivity index is 2.33. The number of fused-ring (bicyclic) bond motifs is 1. The molecule has 1 aromatic heterocycles. The number of esters is 1. The number of aromatic nitrogens is 1. The van der Waals surface area contributed by atoms with Gasteiger partial charge in [-0.1, -0.05) is 6.07 Å². The lowest BCUT2D eigenvalue weighted by Gasteiger charge is -2.07. The highest BCUT2D eigenvalue weighted by atomic mass is 16.5. The van der Waals surface area contributed by atoms with Crippen LogP contribution in [0, 0.1) is 0 Å². The number of methoxy groups -OCH3 is 1. The van der Waals surface area contributed by atoms with Gasteiger partial charge in [0.2, 0.25) is 0 Å². The lowest BCUT2D eigenvalue weighted by Crippen LogP contribution is -2.23. The highest BCUT2D eigenvalue weighted by Crippen LogP contribution is 2.23. The molecular weight excluding hydrogens is 168 g/mol. The van der Waals surface area contributed by atoms with Crippen LogP contribution in [0.1, 0.15) is 17.3 Å². The van der Waals surface area contributed by atoms with E-state index in [0.717, 1.165) is 11.3 Å².